The van der Waals surface area contributed by atoms with Crippen molar-refractivity contribution in [1.29, 1.82) is 0 Å². The van der Waals surface area contributed by atoms with E-state index in [9.17, 15) is 22.0 Å². The Morgan fingerprint density at radius 2 is 1.52 bits per heavy atom. The molecule has 0 aromatic heterocycles. The van der Waals surface area contributed by atoms with Crippen LogP contribution in [0.1, 0.15) is 25.0 Å². The number of hydrogen-bond donors (Lipinski definition) is 0. The molecule has 0 N–H and O–H groups in total. The van der Waals surface area contributed by atoms with E-state index in [1.165, 1.54) is 24.3 Å². The van der Waals surface area contributed by atoms with Gasteiger partial charge < -0.3 is 0 Å². The second-order valence-electron chi connectivity index (χ2n) is 8.20. The molecule has 0 saturated heterocycles. The number of allylic oxidation sites excluding steroid dienone is 6. The van der Waals surface area contributed by atoms with Crippen molar-refractivity contribution in [2.24, 2.45) is 5.92 Å². The summed E-state index contributed by atoms with van der Waals surface area (Å²) in [6, 6.07) is 2.63. The van der Waals surface area contributed by atoms with Crippen molar-refractivity contribution in [3.63, 3.8) is 0 Å². The summed E-state index contributed by atoms with van der Waals surface area (Å²) in [6.07, 6.45) is 1.08. The Morgan fingerprint density at radius 1 is 0.963 bits per heavy atom. The van der Waals surface area contributed by atoms with Crippen molar-refractivity contribution in [2.75, 3.05) is 19.2 Å². The third-order valence-electron chi connectivity index (χ3n) is 4.30. The number of rotatable bonds is 4. The van der Waals surface area contributed by atoms with Crippen LogP contribution >= 0.6 is 0 Å². The van der Waals surface area contributed by atoms with Crippen LogP contribution in [-0.4, -0.2) is 25.4 Å². The van der Waals surface area contributed by atoms with Crippen LogP contribution in [0.4, 0.5) is 22.0 Å². The van der Waals surface area contributed by atoms with Crippen molar-refractivity contribution in [3.8, 4) is 0 Å². The molecule has 1 unspecified atom stereocenters. The third-order valence-corrected chi connectivity index (χ3v) is 8.50. The van der Waals surface area contributed by atoms with E-state index in [2.05, 4.69) is 14.8 Å². The van der Waals surface area contributed by atoms with Crippen molar-refractivity contribution in [3.05, 3.63) is 65.3 Å². The van der Waals surface area contributed by atoms with Crippen LogP contribution in [0.3, 0.4) is 0 Å². The van der Waals surface area contributed by atoms with E-state index in [-0.39, 0.29) is 16.6 Å². The zero-order valence-corrected chi connectivity index (χ0v) is 18.3. The second-order valence-corrected chi connectivity index (χ2v) is 20.0. The third kappa shape index (κ3) is 5.65. The summed E-state index contributed by atoms with van der Waals surface area (Å²) in [4.78, 5) is 6.71. The van der Waals surface area contributed by atoms with Gasteiger partial charge >= 0.3 is 162 Å². The Hall–Kier alpha value is -1.18. The van der Waals surface area contributed by atoms with E-state index in [4.69, 9.17) is 0 Å². The predicted molar refractivity (Wildman–Crippen MR) is 97.8 cm³/mol. The van der Waals surface area contributed by atoms with E-state index in [1.807, 2.05) is 13.8 Å². The molecule has 1 aliphatic rings. The minimum atomic E-state index is -4.43. The first-order valence-electron chi connectivity index (χ1n) is 8.39. The molecule has 0 heterocycles. The molecule has 0 bridgehead atoms. The fourth-order valence-electron chi connectivity index (χ4n) is 3.31. The molecule has 0 fully saturated rings. The van der Waals surface area contributed by atoms with Crippen molar-refractivity contribution < 1.29 is 40.4 Å². The van der Waals surface area contributed by atoms with Gasteiger partial charge in [-0.15, -0.1) is 0 Å². The molecule has 1 aliphatic carbocycles. The molecule has 0 spiro atoms. The molecule has 152 valence electrons. The second kappa shape index (κ2) is 7.68. The average Bonchev–Trinajstić information content (AvgIpc) is 2.69. The van der Waals surface area contributed by atoms with Crippen molar-refractivity contribution in [2.45, 2.75) is 25.4 Å². The minimum absolute atomic E-state index is 0.0883. The van der Waals surface area contributed by atoms with Gasteiger partial charge in [0.1, 0.15) is 0 Å². The summed E-state index contributed by atoms with van der Waals surface area (Å²) in [5.41, 5.74) is -0.00809. The van der Waals surface area contributed by atoms with Gasteiger partial charge in [-0.3, -0.25) is 0 Å². The molecule has 2 rings (SSSR count). The maximum atomic E-state index is 14.8. The van der Waals surface area contributed by atoms with Gasteiger partial charge in [0.2, 0.25) is 0 Å². The van der Waals surface area contributed by atoms with Crippen LogP contribution in [0.5, 0.6) is 0 Å². The molecule has 6 heteroatoms. The molecular formula is C21H25F5I-. The Labute approximate surface area is 161 Å². The molecule has 1 aromatic rings. The molecule has 1 atom stereocenters. The Bertz CT molecular complexity index is 769. The van der Waals surface area contributed by atoms with Gasteiger partial charge in [0.15, 0.2) is 0 Å². The molecule has 0 amide bonds. The van der Waals surface area contributed by atoms with Gasteiger partial charge in [0.05, 0.1) is 0 Å². The molecule has 0 aliphatic heterocycles. The average molecular weight is 499 g/mol. The fraction of sp³-hybridized carbons (Fsp3) is 0.429. The van der Waals surface area contributed by atoms with Crippen molar-refractivity contribution in [1.82, 2.24) is 0 Å². The van der Waals surface area contributed by atoms with E-state index >= 15 is 0 Å². The van der Waals surface area contributed by atoms with Crippen LogP contribution in [0.2, 0.25) is 0 Å². The van der Waals surface area contributed by atoms with Crippen LogP contribution in [0.15, 0.2) is 42.5 Å². The van der Waals surface area contributed by atoms with Crippen LogP contribution in [0, 0.1) is 17.6 Å². The van der Waals surface area contributed by atoms with Crippen molar-refractivity contribution >= 4 is 5.57 Å². The number of alkyl halides is 7. The summed E-state index contributed by atoms with van der Waals surface area (Å²) in [7, 11) is 0. The first-order chi connectivity index (χ1) is 12.2. The van der Waals surface area contributed by atoms with Crippen LogP contribution in [0.25, 0.3) is 5.57 Å². The number of benzene rings is 1. The number of halogens is 6. The summed E-state index contributed by atoms with van der Waals surface area (Å²) >= 11 is -1.90. The summed E-state index contributed by atoms with van der Waals surface area (Å²) in [5.74, 6) is -3.28. The molecule has 1 aromatic carbocycles. The fourth-order valence-corrected chi connectivity index (χ4v) is 9.47. The first-order valence-corrected chi connectivity index (χ1v) is 16.4. The van der Waals surface area contributed by atoms with E-state index in [1.54, 1.807) is 0 Å². The summed E-state index contributed by atoms with van der Waals surface area (Å²) in [5, 5.41) is 0. The first kappa shape index (κ1) is 22.1. The molecule has 0 nitrogen and oxygen atoms in total. The number of hydrogen-bond acceptors (Lipinski definition) is 0. The zero-order valence-electron chi connectivity index (χ0n) is 16.1. The van der Waals surface area contributed by atoms with E-state index in [0.29, 0.717) is 5.56 Å². The molecule has 27 heavy (non-hydrogen) atoms. The Morgan fingerprint density at radius 3 is 2.00 bits per heavy atom. The summed E-state index contributed by atoms with van der Waals surface area (Å²) < 4.78 is 69.0. The van der Waals surface area contributed by atoms with Gasteiger partial charge in [-0.25, -0.2) is 0 Å². The monoisotopic (exact) mass is 499 g/mol. The molecule has 0 radical (unpaired) electrons. The van der Waals surface area contributed by atoms with Crippen LogP contribution in [-0.2, 0) is 5.41 Å². The zero-order chi connectivity index (χ0) is 20.6. The Kier molecular flexibility index (Phi) is 6.29. The quantitative estimate of drug-likeness (QED) is 0.340. The van der Waals surface area contributed by atoms with Gasteiger partial charge in [-0.1, -0.05) is 0 Å². The molecular weight excluding hydrogens is 474 g/mol. The predicted octanol–water partition coefficient (Wildman–Crippen LogP) is 2.98. The summed E-state index contributed by atoms with van der Waals surface area (Å²) in [6.45, 7) is 3.94. The van der Waals surface area contributed by atoms with Gasteiger partial charge in [0, 0.05) is 0 Å². The Balaban J connectivity index is 2.41. The molecule has 0 saturated carbocycles. The van der Waals surface area contributed by atoms with E-state index < -0.39 is 42.2 Å². The van der Waals surface area contributed by atoms with E-state index in [0.717, 1.165) is 22.7 Å². The standard InChI is InChI=1S/C21H25F5I/c1-20(2,13-27(3,4)5)16-11-17(22)19(18(23)12-16)14-7-6-8-15(10-9-14)21(24,25)26/h6-12,15H,13H2,1-5H3/q-1. The van der Waals surface area contributed by atoms with Gasteiger partial charge in [0.25, 0.3) is 0 Å². The topological polar surface area (TPSA) is 0 Å². The normalized spacial score (nSPS) is 19.0. The SMILES string of the molecule is CC(C)(C[I-](C)(C)C)c1cc(F)c(C2=CC=CC(C(F)(F)F)C=C2)c(F)c1. The van der Waals surface area contributed by atoms with Gasteiger partial charge in [-0.05, 0) is 0 Å². The van der Waals surface area contributed by atoms with Crippen LogP contribution < -0.4 is 18.4 Å². The maximum absolute atomic E-state index is 14.8. The van der Waals surface area contributed by atoms with Gasteiger partial charge in [-0.2, -0.15) is 0 Å².